The summed E-state index contributed by atoms with van der Waals surface area (Å²) in [6, 6.07) is 73.9. The zero-order valence-electron chi connectivity index (χ0n) is 27.0. The zero-order valence-corrected chi connectivity index (χ0v) is 27.8. The topological polar surface area (TPSA) is 17.1 Å². The second-order valence-corrected chi connectivity index (χ2v) is 13.9. The van der Waals surface area contributed by atoms with Gasteiger partial charge in [0.1, 0.15) is 0 Å². The first-order chi connectivity index (χ1) is 23.7. The summed E-state index contributed by atoms with van der Waals surface area (Å²) in [5.41, 5.74) is 6.30. The number of ketones is 1. The van der Waals surface area contributed by atoms with Crippen LogP contribution >= 0.6 is 0 Å². The van der Waals surface area contributed by atoms with Crippen LogP contribution in [0.25, 0.3) is 0 Å². The minimum Gasteiger partial charge on any atom is -0.289 e. The highest BCUT2D eigenvalue weighted by Crippen LogP contribution is 2.24. The van der Waals surface area contributed by atoms with E-state index in [9.17, 15) is 4.79 Å². The molecule has 0 aliphatic rings. The van der Waals surface area contributed by atoms with E-state index in [0.717, 1.165) is 11.9 Å². The summed E-state index contributed by atoms with van der Waals surface area (Å²) in [4.78, 5) is 15.0. The van der Waals surface area contributed by atoms with Gasteiger partial charge in [0.15, 0.2) is 15.5 Å². The summed E-state index contributed by atoms with van der Waals surface area (Å²) in [7, 11) is -0.231. The Kier molecular flexibility index (Phi) is 11.2. The van der Waals surface area contributed by atoms with E-state index in [4.69, 9.17) is 0 Å². The molecule has 0 radical (unpaired) electrons. The molecule has 0 spiro atoms. The first-order valence-electron chi connectivity index (χ1n) is 16.5. The third-order valence-electron chi connectivity index (χ3n) is 8.92. The van der Waals surface area contributed by atoms with Crippen LogP contribution in [0.2, 0.25) is 0 Å². The molecule has 0 amide bonds. The van der Waals surface area contributed by atoms with Gasteiger partial charge in [-0.25, -0.2) is 0 Å². The van der Waals surface area contributed by atoms with Gasteiger partial charge in [-0.1, -0.05) is 194 Å². The third kappa shape index (κ3) is 7.94. The van der Waals surface area contributed by atoms with Crippen molar-refractivity contribution < 1.29 is 4.79 Å². The number of carbonyl (C=O) groups is 1. The Morgan fingerprint density at radius 1 is 0.396 bits per heavy atom. The van der Waals surface area contributed by atoms with Crippen molar-refractivity contribution in [3.05, 3.63) is 223 Å². The molecule has 3 heteroatoms. The Balaban J connectivity index is 0.000000170. The van der Waals surface area contributed by atoms with Crippen molar-refractivity contribution in [3.63, 3.8) is 0 Å². The Labute approximate surface area is 288 Å². The van der Waals surface area contributed by atoms with Crippen molar-refractivity contribution >= 4 is 39.2 Å². The number of benzene rings is 7. The molecule has 0 unspecified atom stereocenters. The van der Waals surface area contributed by atoms with Gasteiger partial charge >= 0.3 is 0 Å². The van der Waals surface area contributed by atoms with E-state index in [0.29, 0.717) is 5.75 Å². The molecule has 1 nitrogen and oxygen atoms in total. The molecule has 0 heterocycles. The van der Waals surface area contributed by atoms with Crippen LogP contribution in [-0.2, 0) is 17.2 Å². The summed E-state index contributed by atoms with van der Waals surface area (Å²) in [6.45, 7) is 0. The lowest BCUT2D eigenvalue weighted by atomic mass is 9.14. The molecule has 7 aromatic rings. The van der Waals surface area contributed by atoms with Crippen molar-refractivity contribution in [3.8, 4) is 0 Å². The van der Waals surface area contributed by atoms with Crippen LogP contribution in [0, 0.1) is 0 Å². The molecular formula is C45H39BOS. The van der Waals surface area contributed by atoms with E-state index in [1.54, 1.807) is 0 Å². The predicted molar refractivity (Wildman–Crippen MR) is 207 cm³/mol. The second kappa shape index (κ2) is 16.4. The number of hydrogen-bond donors (Lipinski definition) is 0. The van der Waals surface area contributed by atoms with Crippen LogP contribution in [0.15, 0.2) is 222 Å². The van der Waals surface area contributed by atoms with Crippen molar-refractivity contribution in [2.45, 2.75) is 16.1 Å². The SMILES string of the molecule is O=C(C[S+](c1ccccc1)c1ccccc1)c1ccccc1.c1ccc(C[B-](c2ccccc2)(c2ccccc2)c2ccccc2)cc1. The fourth-order valence-corrected chi connectivity index (χ4v) is 8.56. The summed E-state index contributed by atoms with van der Waals surface area (Å²) in [5, 5.41) is 0. The molecule has 0 bridgehead atoms. The normalized spacial score (nSPS) is 10.9. The van der Waals surface area contributed by atoms with Crippen LogP contribution in [0.1, 0.15) is 15.9 Å². The fraction of sp³-hybridized carbons (Fsp3) is 0.0444. The molecule has 48 heavy (non-hydrogen) atoms. The minimum atomic E-state index is -1.09. The van der Waals surface area contributed by atoms with Gasteiger partial charge in [-0.15, -0.1) is 6.32 Å². The average Bonchev–Trinajstić information content (AvgIpc) is 3.18. The molecule has 7 rings (SSSR count). The number of carbonyl (C=O) groups excluding carboxylic acids is 1. The van der Waals surface area contributed by atoms with Gasteiger partial charge in [0, 0.05) is 5.56 Å². The molecule has 7 aromatic carbocycles. The Hall–Kier alpha value is -5.38. The molecule has 0 aliphatic heterocycles. The van der Waals surface area contributed by atoms with Gasteiger partial charge in [-0.05, 0) is 24.3 Å². The first-order valence-corrected chi connectivity index (χ1v) is 17.9. The number of rotatable bonds is 10. The van der Waals surface area contributed by atoms with E-state index >= 15 is 0 Å². The highest BCUT2D eigenvalue weighted by Gasteiger charge is 2.30. The van der Waals surface area contributed by atoms with E-state index in [1.165, 1.54) is 31.7 Å². The van der Waals surface area contributed by atoms with Gasteiger partial charge in [0.05, 0.1) is 17.0 Å². The highest BCUT2D eigenvalue weighted by atomic mass is 32.2. The Bertz CT molecular complexity index is 1820. The summed E-state index contributed by atoms with van der Waals surface area (Å²) in [6.07, 6.45) is -0.109. The lowest BCUT2D eigenvalue weighted by Gasteiger charge is -2.43. The summed E-state index contributed by atoms with van der Waals surface area (Å²) < 4.78 is 0. The molecule has 0 aliphatic carbocycles. The van der Waals surface area contributed by atoms with Gasteiger partial charge < -0.3 is 0 Å². The van der Waals surface area contributed by atoms with Crippen molar-refractivity contribution in [1.29, 1.82) is 0 Å². The van der Waals surface area contributed by atoms with Crippen LogP contribution in [0.5, 0.6) is 0 Å². The smallest absolute Gasteiger partial charge is 0.212 e. The van der Waals surface area contributed by atoms with Crippen LogP contribution < -0.4 is 16.4 Å². The second-order valence-electron chi connectivity index (χ2n) is 11.9. The van der Waals surface area contributed by atoms with Gasteiger partial charge in [-0.3, -0.25) is 4.79 Å². The quantitative estimate of drug-likeness (QED) is 0.0834. The third-order valence-corrected chi connectivity index (χ3v) is 11.2. The lowest BCUT2D eigenvalue weighted by Crippen LogP contribution is -2.68. The van der Waals surface area contributed by atoms with Gasteiger partial charge in [-0.2, -0.15) is 16.4 Å². The Morgan fingerprint density at radius 2 is 0.708 bits per heavy atom. The van der Waals surface area contributed by atoms with Gasteiger partial charge in [0.25, 0.3) is 0 Å². The number of Topliss-reactive ketones (excluding diaryl/α,β-unsaturated/α-hetero) is 1. The van der Waals surface area contributed by atoms with Crippen molar-refractivity contribution in [2.75, 3.05) is 5.75 Å². The fourth-order valence-electron chi connectivity index (χ4n) is 6.55. The van der Waals surface area contributed by atoms with E-state index < -0.39 is 6.15 Å². The molecule has 234 valence electrons. The maximum Gasteiger partial charge on any atom is 0.212 e. The average molecular weight is 639 g/mol. The van der Waals surface area contributed by atoms with Crippen LogP contribution in [0.3, 0.4) is 0 Å². The van der Waals surface area contributed by atoms with E-state index in [-0.39, 0.29) is 16.7 Å². The molecule has 0 fully saturated rings. The molecule has 0 saturated heterocycles. The molecule has 0 N–H and O–H groups in total. The van der Waals surface area contributed by atoms with Gasteiger partial charge in [0.2, 0.25) is 5.78 Å². The van der Waals surface area contributed by atoms with Crippen LogP contribution in [0.4, 0.5) is 0 Å². The number of hydrogen-bond acceptors (Lipinski definition) is 1. The highest BCUT2D eigenvalue weighted by molar-refractivity contribution is 7.97. The van der Waals surface area contributed by atoms with Crippen molar-refractivity contribution in [2.24, 2.45) is 0 Å². The lowest BCUT2D eigenvalue weighted by molar-refractivity contribution is 0.102. The van der Waals surface area contributed by atoms with Crippen LogP contribution in [-0.4, -0.2) is 17.7 Å². The summed E-state index contributed by atoms with van der Waals surface area (Å²) >= 11 is 0. The minimum absolute atomic E-state index is 0.191. The van der Waals surface area contributed by atoms with E-state index in [2.05, 4.69) is 146 Å². The zero-order chi connectivity index (χ0) is 32.9. The molecule has 0 aromatic heterocycles. The molecule has 0 saturated carbocycles. The maximum absolute atomic E-state index is 12.6. The maximum atomic E-state index is 12.6. The van der Waals surface area contributed by atoms with E-state index in [1.807, 2.05) is 66.7 Å². The largest absolute Gasteiger partial charge is 0.289 e. The Morgan fingerprint density at radius 3 is 1.08 bits per heavy atom. The first kappa shape index (κ1) is 32.6. The molecular weight excluding hydrogens is 599 g/mol. The standard InChI is InChI=1S/C25H22B.C20H17OS/c1-5-13-22(14-6-1)21-26(23-15-7-2-8-16-23,24-17-9-3-10-18-24)25-19-11-4-12-20-25;21-20(17-10-4-1-5-11-17)16-22(18-12-6-2-7-13-18)19-14-8-3-9-15-19/h1-20H,21H2;1-15H,16H2/q-1;+1. The molecule has 0 atom stereocenters. The summed E-state index contributed by atoms with van der Waals surface area (Å²) in [5.74, 6) is 0.703. The predicted octanol–water partition coefficient (Wildman–Crippen LogP) is 8.54. The monoisotopic (exact) mass is 638 g/mol. The van der Waals surface area contributed by atoms with Crippen molar-refractivity contribution in [1.82, 2.24) is 0 Å².